The van der Waals surface area contributed by atoms with Gasteiger partial charge in [0, 0.05) is 38.1 Å². The van der Waals surface area contributed by atoms with Crippen LogP contribution in [0.25, 0.3) is 0 Å². The largest absolute Gasteiger partial charge is 0.406 e. The van der Waals surface area contributed by atoms with Crippen molar-refractivity contribution >= 4 is 5.91 Å². The van der Waals surface area contributed by atoms with Crippen molar-refractivity contribution < 1.29 is 18.0 Å². The number of rotatable bonds is 3. The van der Waals surface area contributed by atoms with Crippen molar-refractivity contribution in [3.63, 3.8) is 0 Å². The third kappa shape index (κ3) is 3.29. The molecule has 0 aliphatic carbocycles. The van der Waals surface area contributed by atoms with Crippen LogP contribution in [0.3, 0.4) is 0 Å². The second-order valence-electron chi connectivity index (χ2n) is 6.08. The summed E-state index contributed by atoms with van der Waals surface area (Å²) in [4.78, 5) is 15.2. The second kappa shape index (κ2) is 5.95. The molecule has 1 amide bonds. The van der Waals surface area contributed by atoms with E-state index in [4.69, 9.17) is 0 Å². The fourth-order valence-corrected chi connectivity index (χ4v) is 3.52. The highest BCUT2D eigenvalue weighted by atomic mass is 19.4. The maximum atomic E-state index is 12.4. The highest BCUT2D eigenvalue weighted by Crippen LogP contribution is 2.28. The Kier molecular flexibility index (Phi) is 4.16. The summed E-state index contributed by atoms with van der Waals surface area (Å²) in [5.41, 5.74) is 0. The summed E-state index contributed by atoms with van der Waals surface area (Å²) in [6.45, 7) is 0.612. The van der Waals surface area contributed by atoms with Crippen LogP contribution in [0.5, 0.6) is 0 Å². The number of hydrogen-bond donors (Lipinski definition) is 0. The molecule has 7 heteroatoms. The molecule has 2 fully saturated rings. The molecule has 1 aromatic heterocycles. The standard InChI is InChI=1S/C15H20F3N3O/c16-15(17,18)11-21-10-5-13(14(21)22)20-8-3-12(4-9-20)19-6-1-2-7-19/h1-2,6-7,12-13H,3-5,8-11H2/t13-/m1/s1. The van der Waals surface area contributed by atoms with Gasteiger partial charge in [-0.05, 0) is 31.4 Å². The van der Waals surface area contributed by atoms with Crippen molar-refractivity contribution in [3.8, 4) is 0 Å². The normalized spacial score (nSPS) is 25.1. The van der Waals surface area contributed by atoms with E-state index < -0.39 is 12.7 Å². The van der Waals surface area contributed by atoms with E-state index >= 15 is 0 Å². The Bertz CT molecular complexity index is 507. The molecular formula is C15H20F3N3O. The van der Waals surface area contributed by atoms with Gasteiger partial charge in [0.05, 0.1) is 6.04 Å². The van der Waals surface area contributed by atoms with Gasteiger partial charge in [-0.1, -0.05) is 0 Å². The summed E-state index contributed by atoms with van der Waals surface area (Å²) in [7, 11) is 0. The van der Waals surface area contributed by atoms with Crippen LogP contribution >= 0.6 is 0 Å². The molecule has 2 aliphatic heterocycles. The molecule has 2 saturated heterocycles. The number of hydrogen-bond acceptors (Lipinski definition) is 2. The summed E-state index contributed by atoms with van der Waals surface area (Å²) in [6.07, 6.45) is 2.11. The topological polar surface area (TPSA) is 28.5 Å². The van der Waals surface area contributed by atoms with Crippen molar-refractivity contribution in [3.05, 3.63) is 24.5 Å². The highest BCUT2D eigenvalue weighted by Gasteiger charge is 2.42. The number of halogens is 3. The molecule has 3 heterocycles. The van der Waals surface area contributed by atoms with Gasteiger partial charge in [0.1, 0.15) is 6.54 Å². The van der Waals surface area contributed by atoms with E-state index in [0.717, 1.165) is 30.8 Å². The molecule has 0 aromatic carbocycles. The van der Waals surface area contributed by atoms with Crippen LogP contribution in [0.4, 0.5) is 13.2 Å². The first-order chi connectivity index (χ1) is 10.4. The molecule has 0 spiro atoms. The number of aromatic nitrogens is 1. The maximum Gasteiger partial charge on any atom is 0.406 e. The number of carbonyl (C=O) groups is 1. The summed E-state index contributed by atoms with van der Waals surface area (Å²) in [6, 6.07) is 4.03. The zero-order valence-corrected chi connectivity index (χ0v) is 12.3. The van der Waals surface area contributed by atoms with Gasteiger partial charge in [0.2, 0.25) is 5.91 Å². The van der Waals surface area contributed by atoms with Crippen LogP contribution in [0, 0.1) is 0 Å². The predicted octanol–water partition coefficient (Wildman–Crippen LogP) is 2.29. The quantitative estimate of drug-likeness (QED) is 0.856. The van der Waals surface area contributed by atoms with E-state index in [2.05, 4.69) is 9.47 Å². The Morgan fingerprint density at radius 3 is 2.27 bits per heavy atom. The average Bonchev–Trinajstić information content (AvgIpc) is 3.09. The molecule has 0 bridgehead atoms. The van der Waals surface area contributed by atoms with E-state index in [1.54, 1.807) is 0 Å². The molecule has 0 saturated carbocycles. The minimum absolute atomic E-state index is 0.209. The van der Waals surface area contributed by atoms with Gasteiger partial charge in [-0.15, -0.1) is 0 Å². The van der Waals surface area contributed by atoms with Gasteiger partial charge in [0.15, 0.2) is 0 Å². The van der Waals surface area contributed by atoms with Gasteiger partial charge in [-0.3, -0.25) is 9.69 Å². The number of nitrogens with zero attached hydrogens (tertiary/aromatic N) is 3. The van der Waals surface area contributed by atoms with Crippen molar-refractivity contribution in [2.45, 2.75) is 37.5 Å². The Morgan fingerprint density at radius 2 is 1.68 bits per heavy atom. The molecule has 3 rings (SSSR count). The van der Waals surface area contributed by atoms with E-state index in [1.807, 2.05) is 24.5 Å². The lowest BCUT2D eigenvalue weighted by molar-refractivity contribution is -0.159. The summed E-state index contributed by atoms with van der Waals surface area (Å²) in [5, 5.41) is 0. The number of amides is 1. The third-order valence-electron chi connectivity index (χ3n) is 4.63. The van der Waals surface area contributed by atoms with Gasteiger partial charge >= 0.3 is 6.18 Å². The summed E-state index contributed by atoms with van der Waals surface area (Å²) < 4.78 is 39.5. The van der Waals surface area contributed by atoms with E-state index in [0.29, 0.717) is 12.5 Å². The molecule has 0 radical (unpaired) electrons. The van der Waals surface area contributed by atoms with Gasteiger partial charge in [-0.25, -0.2) is 0 Å². The molecule has 22 heavy (non-hydrogen) atoms. The molecule has 1 aromatic rings. The average molecular weight is 315 g/mol. The second-order valence-corrected chi connectivity index (χ2v) is 6.08. The maximum absolute atomic E-state index is 12.4. The minimum Gasteiger partial charge on any atom is -0.351 e. The molecule has 4 nitrogen and oxygen atoms in total. The third-order valence-corrected chi connectivity index (χ3v) is 4.63. The Labute approximate surface area is 127 Å². The van der Waals surface area contributed by atoms with Crippen molar-refractivity contribution in [2.24, 2.45) is 0 Å². The van der Waals surface area contributed by atoms with E-state index in [-0.39, 0.29) is 18.5 Å². The van der Waals surface area contributed by atoms with Crippen molar-refractivity contribution in [1.29, 1.82) is 0 Å². The molecule has 0 unspecified atom stereocenters. The summed E-state index contributed by atoms with van der Waals surface area (Å²) >= 11 is 0. The van der Waals surface area contributed by atoms with E-state index in [9.17, 15) is 18.0 Å². The monoisotopic (exact) mass is 315 g/mol. The number of alkyl halides is 3. The lowest BCUT2D eigenvalue weighted by Gasteiger charge is -2.35. The Balaban J connectivity index is 1.55. The molecule has 122 valence electrons. The first-order valence-corrected chi connectivity index (χ1v) is 7.66. The van der Waals surface area contributed by atoms with Crippen LogP contribution in [-0.2, 0) is 4.79 Å². The number of likely N-dealkylation sites (tertiary alicyclic amines) is 2. The van der Waals surface area contributed by atoms with Gasteiger partial charge < -0.3 is 9.47 Å². The van der Waals surface area contributed by atoms with Crippen molar-refractivity contribution in [2.75, 3.05) is 26.2 Å². The molecular weight excluding hydrogens is 295 g/mol. The highest BCUT2D eigenvalue weighted by molar-refractivity contribution is 5.84. The fourth-order valence-electron chi connectivity index (χ4n) is 3.52. The lowest BCUT2D eigenvalue weighted by atomic mass is 10.0. The molecule has 1 atom stereocenters. The van der Waals surface area contributed by atoms with Crippen LogP contribution in [0.2, 0.25) is 0 Å². The van der Waals surface area contributed by atoms with E-state index in [1.165, 1.54) is 0 Å². The smallest absolute Gasteiger partial charge is 0.351 e. The van der Waals surface area contributed by atoms with Gasteiger partial charge in [-0.2, -0.15) is 13.2 Å². The first kappa shape index (κ1) is 15.4. The zero-order chi connectivity index (χ0) is 15.7. The Morgan fingerprint density at radius 1 is 1.05 bits per heavy atom. The molecule has 0 N–H and O–H groups in total. The van der Waals surface area contributed by atoms with Crippen LogP contribution < -0.4 is 0 Å². The van der Waals surface area contributed by atoms with Crippen molar-refractivity contribution in [1.82, 2.24) is 14.4 Å². The first-order valence-electron chi connectivity index (χ1n) is 7.66. The van der Waals surface area contributed by atoms with Crippen LogP contribution in [0.15, 0.2) is 24.5 Å². The SMILES string of the molecule is O=C1[C@H](N2CCC(n3cccc3)CC2)CCN1CC(F)(F)F. The Hall–Kier alpha value is -1.50. The minimum atomic E-state index is -4.31. The number of carbonyl (C=O) groups excluding carboxylic acids is 1. The summed E-state index contributed by atoms with van der Waals surface area (Å²) in [5.74, 6) is -0.364. The van der Waals surface area contributed by atoms with Crippen LogP contribution in [-0.4, -0.2) is 58.7 Å². The fraction of sp³-hybridized carbons (Fsp3) is 0.667. The van der Waals surface area contributed by atoms with Crippen LogP contribution in [0.1, 0.15) is 25.3 Å². The number of piperidine rings is 1. The molecule has 2 aliphatic rings. The lowest BCUT2D eigenvalue weighted by Crippen LogP contribution is -2.47. The predicted molar refractivity (Wildman–Crippen MR) is 75.3 cm³/mol. The zero-order valence-electron chi connectivity index (χ0n) is 12.3. The van der Waals surface area contributed by atoms with Gasteiger partial charge in [0.25, 0.3) is 0 Å².